The molecule has 0 bridgehead atoms. The number of pyridine rings is 2. The average molecular weight is 566 g/mol. The number of hydrogen-bond acceptors (Lipinski definition) is 5. The van der Waals surface area contributed by atoms with Gasteiger partial charge >= 0.3 is 12.1 Å². The van der Waals surface area contributed by atoms with Gasteiger partial charge in [0.25, 0.3) is 5.71 Å². The van der Waals surface area contributed by atoms with Gasteiger partial charge in [0, 0.05) is 29.6 Å². The Hall–Kier alpha value is -3.90. The number of halogens is 5. The zero-order valence-electron chi connectivity index (χ0n) is 21.9. The van der Waals surface area contributed by atoms with Crippen molar-refractivity contribution in [2.24, 2.45) is 23.5 Å². The summed E-state index contributed by atoms with van der Waals surface area (Å²) >= 11 is 0. The molecule has 13 heteroatoms. The topological polar surface area (TPSA) is 124 Å². The van der Waals surface area contributed by atoms with E-state index in [0.717, 1.165) is 37.8 Å². The molecule has 2 aromatic heterocycles. The van der Waals surface area contributed by atoms with Gasteiger partial charge in [-0.25, -0.2) is 14.4 Å². The highest BCUT2D eigenvalue weighted by atomic mass is 19.4. The van der Waals surface area contributed by atoms with Crippen LogP contribution < -0.4 is 21.4 Å². The van der Waals surface area contributed by atoms with Crippen LogP contribution in [0.3, 0.4) is 0 Å². The van der Waals surface area contributed by atoms with E-state index in [4.69, 9.17) is 5.73 Å². The number of hydrogen-bond donors (Lipinski definition) is 4. The number of nitrogens with two attached hydrogens (primary N) is 1. The molecular formula is C27H30F5N6O2+. The van der Waals surface area contributed by atoms with Crippen molar-refractivity contribution in [1.82, 2.24) is 15.3 Å². The highest BCUT2D eigenvalue weighted by Gasteiger charge is 2.48. The Balaban J connectivity index is 1.61. The van der Waals surface area contributed by atoms with Gasteiger partial charge in [-0.2, -0.15) is 17.6 Å². The van der Waals surface area contributed by atoms with Crippen LogP contribution in [0.1, 0.15) is 45.1 Å². The molecule has 0 spiro atoms. The third-order valence-electron chi connectivity index (χ3n) is 6.81. The summed E-state index contributed by atoms with van der Waals surface area (Å²) in [5.74, 6) is -4.15. The molecule has 1 atom stereocenters. The smallest absolute Gasteiger partial charge is 0.404 e. The predicted octanol–water partition coefficient (Wildman–Crippen LogP) is 2.70. The van der Waals surface area contributed by atoms with E-state index in [-0.39, 0.29) is 35.3 Å². The van der Waals surface area contributed by atoms with Crippen LogP contribution in [0.25, 0.3) is 11.1 Å². The van der Waals surface area contributed by atoms with E-state index in [1.165, 1.54) is 12.3 Å². The van der Waals surface area contributed by atoms with Gasteiger partial charge in [0.1, 0.15) is 23.5 Å². The van der Waals surface area contributed by atoms with E-state index in [9.17, 15) is 31.5 Å². The van der Waals surface area contributed by atoms with Crippen LogP contribution in [0, 0.1) is 29.5 Å². The average Bonchev–Trinajstić information content (AvgIpc) is 3.78. The van der Waals surface area contributed by atoms with Gasteiger partial charge in [-0.05, 0) is 69.4 Å². The third kappa shape index (κ3) is 6.80. The normalized spacial score (nSPS) is 17.0. The van der Waals surface area contributed by atoms with Crippen LogP contribution in [-0.4, -0.2) is 39.6 Å². The molecule has 2 aromatic rings. The lowest BCUT2D eigenvalue weighted by Crippen LogP contribution is -2.80. The number of nitrogens with one attached hydrogen (secondary N) is 3. The monoisotopic (exact) mass is 565 g/mol. The van der Waals surface area contributed by atoms with Crippen molar-refractivity contribution in [2.75, 3.05) is 5.32 Å². The molecule has 4 rings (SSSR count). The SMILES string of the molecule is CC(C)[NH+]=C(/C=C\N)C(=O)NC(C(=O)Nc1ccc(-c2cncc(F)c2C(F)(F)F)c(F)n1)C(C1CC1)C1CC1. The second-order valence-corrected chi connectivity index (χ2v) is 10.3. The quantitative estimate of drug-likeness (QED) is 0.200. The van der Waals surface area contributed by atoms with Gasteiger partial charge in [-0.15, -0.1) is 0 Å². The van der Waals surface area contributed by atoms with Crippen molar-refractivity contribution in [3.8, 4) is 11.1 Å². The minimum Gasteiger partial charge on any atom is -0.404 e. The lowest BCUT2D eigenvalue weighted by molar-refractivity contribution is -0.491. The number of anilines is 1. The molecule has 0 saturated heterocycles. The zero-order valence-corrected chi connectivity index (χ0v) is 21.9. The second kappa shape index (κ2) is 11.7. The van der Waals surface area contributed by atoms with Crippen LogP contribution in [0.2, 0.25) is 0 Å². The van der Waals surface area contributed by atoms with Crippen molar-refractivity contribution in [1.29, 1.82) is 0 Å². The van der Waals surface area contributed by atoms with E-state index in [1.54, 1.807) is 0 Å². The molecule has 40 heavy (non-hydrogen) atoms. The van der Waals surface area contributed by atoms with E-state index in [0.29, 0.717) is 12.4 Å². The van der Waals surface area contributed by atoms with Crippen molar-refractivity contribution >= 4 is 23.3 Å². The van der Waals surface area contributed by atoms with Gasteiger partial charge in [-0.1, -0.05) is 0 Å². The van der Waals surface area contributed by atoms with Gasteiger partial charge in [-0.3, -0.25) is 14.6 Å². The van der Waals surface area contributed by atoms with Crippen molar-refractivity contribution < 1.29 is 36.5 Å². The fraction of sp³-hybridized carbons (Fsp3) is 0.444. The van der Waals surface area contributed by atoms with Crippen LogP contribution in [0.15, 0.2) is 36.8 Å². The predicted molar refractivity (Wildman–Crippen MR) is 136 cm³/mol. The summed E-state index contributed by atoms with van der Waals surface area (Å²) in [4.78, 5) is 36.6. The Kier molecular flexibility index (Phi) is 8.50. The minimum atomic E-state index is -5.10. The summed E-state index contributed by atoms with van der Waals surface area (Å²) in [7, 11) is 0. The van der Waals surface area contributed by atoms with Crippen LogP contribution in [0.4, 0.5) is 27.8 Å². The highest BCUT2D eigenvalue weighted by molar-refractivity contribution is 6.41. The van der Waals surface area contributed by atoms with Gasteiger partial charge < -0.3 is 16.4 Å². The fourth-order valence-electron chi connectivity index (χ4n) is 4.88. The molecule has 2 fully saturated rings. The summed E-state index contributed by atoms with van der Waals surface area (Å²) in [5.41, 5.74) is 2.52. The molecular weight excluding hydrogens is 535 g/mol. The van der Waals surface area contributed by atoms with E-state index in [1.807, 2.05) is 13.8 Å². The zero-order chi connectivity index (χ0) is 29.2. The first kappa shape index (κ1) is 29.1. The first-order valence-corrected chi connectivity index (χ1v) is 12.9. The van der Waals surface area contributed by atoms with Crippen molar-refractivity contribution in [3.63, 3.8) is 0 Å². The minimum absolute atomic E-state index is 0.0938. The third-order valence-corrected chi connectivity index (χ3v) is 6.81. The molecule has 8 nitrogen and oxygen atoms in total. The molecule has 2 aliphatic rings. The Labute approximate surface area is 227 Å². The molecule has 2 amide bonds. The molecule has 1 unspecified atom stereocenters. The summed E-state index contributed by atoms with van der Waals surface area (Å²) in [6.45, 7) is 3.67. The van der Waals surface area contributed by atoms with Crippen LogP contribution in [-0.2, 0) is 15.8 Å². The molecule has 2 saturated carbocycles. The first-order valence-electron chi connectivity index (χ1n) is 12.9. The number of nitrogens with zero attached hydrogens (tertiary/aromatic N) is 2. The Morgan fingerprint density at radius 3 is 2.25 bits per heavy atom. The van der Waals surface area contributed by atoms with E-state index in [2.05, 4.69) is 25.6 Å². The largest absolute Gasteiger partial charge is 0.419 e. The molecule has 0 aromatic carbocycles. The lowest BCUT2D eigenvalue weighted by Gasteiger charge is -2.27. The van der Waals surface area contributed by atoms with Gasteiger partial charge in [0.2, 0.25) is 11.9 Å². The summed E-state index contributed by atoms with van der Waals surface area (Å²) in [6.07, 6.45) is 2.22. The molecule has 214 valence electrons. The Morgan fingerprint density at radius 2 is 1.73 bits per heavy atom. The lowest BCUT2D eigenvalue weighted by atomic mass is 9.88. The van der Waals surface area contributed by atoms with E-state index >= 15 is 0 Å². The standard InChI is InChI=1S/C27H29F5N6O2/c1-13(2)35-19(9-10-33)25(39)38-23(21(14-3-4-14)15-5-6-15)26(40)37-20-8-7-16(24(29)36-20)17-11-34-12-18(28)22(17)27(30,31)32/h7-15,21,23H,3-6,33H2,1-2H3,(H,38,39)(H,36,37,40)/p+1/b10-9-,35-19?. The molecule has 0 aliphatic heterocycles. The summed E-state index contributed by atoms with van der Waals surface area (Å²) < 4.78 is 69.3. The van der Waals surface area contributed by atoms with Gasteiger partial charge in [0.15, 0.2) is 5.82 Å². The fourth-order valence-corrected chi connectivity index (χ4v) is 4.88. The number of rotatable bonds is 10. The number of alkyl halides is 3. The summed E-state index contributed by atoms with van der Waals surface area (Å²) in [6, 6.07) is 1.000. The maximum atomic E-state index is 15.0. The van der Waals surface area contributed by atoms with Crippen LogP contribution >= 0.6 is 0 Å². The molecule has 5 N–H and O–H groups in total. The number of aromatic nitrogens is 2. The molecule has 2 aliphatic carbocycles. The molecule has 2 heterocycles. The second-order valence-electron chi connectivity index (χ2n) is 10.3. The molecule has 0 radical (unpaired) electrons. The number of carbonyl (C=O) groups excluding carboxylic acids is 2. The van der Waals surface area contributed by atoms with Crippen molar-refractivity contribution in [3.05, 3.63) is 54.1 Å². The van der Waals surface area contributed by atoms with Gasteiger partial charge in [0.05, 0.1) is 6.20 Å². The summed E-state index contributed by atoms with van der Waals surface area (Å²) in [5, 5.41) is 5.29. The first-order chi connectivity index (χ1) is 18.9. The van der Waals surface area contributed by atoms with E-state index < -0.39 is 52.5 Å². The maximum absolute atomic E-state index is 15.0. The highest BCUT2D eigenvalue weighted by Crippen LogP contribution is 2.51. The number of amides is 2. The Bertz CT molecular complexity index is 1320. The van der Waals surface area contributed by atoms with Crippen LogP contribution in [0.5, 0.6) is 0 Å². The number of carbonyl (C=O) groups is 2. The van der Waals surface area contributed by atoms with Crippen molar-refractivity contribution in [2.45, 2.75) is 57.8 Å². The Morgan fingerprint density at radius 1 is 1.07 bits per heavy atom. The maximum Gasteiger partial charge on any atom is 0.419 e.